The first-order chi connectivity index (χ1) is 12.9. The molecule has 2 aliphatic rings. The third-order valence-corrected chi connectivity index (χ3v) is 5.40. The number of hydrogen-bond donors (Lipinski definition) is 1. The van der Waals surface area contributed by atoms with Gasteiger partial charge in [0.25, 0.3) is 0 Å². The van der Waals surface area contributed by atoms with Gasteiger partial charge in [0, 0.05) is 32.0 Å². The maximum Gasteiger partial charge on any atom is 0.358 e. The van der Waals surface area contributed by atoms with Crippen LogP contribution in [0.15, 0.2) is 18.3 Å². The van der Waals surface area contributed by atoms with E-state index in [1.54, 1.807) is 17.0 Å². The summed E-state index contributed by atoms with van der Waals surface area (Å²) in [7, 11) is 0. The van der Waals surface area contributed by atoms with Crippen LogP contribution in [0.3, 0.4) is 0 Å². The van der Waals surface area contributed by atoms with Crippen LogP contribution in [0.25, 0.3) is 0 Å². The van der Waals surface area contributed by atoms with E-state index in [0.717, 1.165) is 12.8 Å². The van der Waals surface area contributed by atoms with Crippen molar-refractivity contribution >= 4 is 11.9 Å². The van der Waals surface area contributed by atoms with Crippen molar-refractivity contribution in [3.8, 4) is 5.75 Å². The van der Waals surface area contributed by atoms with Crippen LogP contribution in [-0.4, -0.2) is 52.0 Å². The fourth-order valence-electron chi connectivity index (χ4n) is 3.86. The number of ether oxygens (including phenoxy) is 1. The molecule has 2 heterocycles. The molecule has 3 rings (SSSR count). The molecule has 27 heavy (non-hydrogen) atoms. The zero-order valence-corrected chi connectivity index (χ0v) is 15.1. The van der Waals surface area contributed by atoms with Gasteiger partial charge in [-0.25, -0.2) is 18.6 Å². The van der Waals surface area contributed by atoms with Gasteiger partial charge in [0.05, 0.1) is 6.04 Å². The van der Waals surface area contributed by atoms with Crippen molar-refractivity contribution in [2.75, 3.05) is 13.2 Å². The molecule has 1 aliphatic heterocycles. The lowest BCUT2D eigenvalue weighted by Gasteiger charge is -2.30. The maximum absolute atomic E-state index is 13.3. The van der Waals surface area contributed by atoms with Crippen molar-refractivity contribution in [3.63, 3.8) is 0 Å². The summed E-state index contributed by atoms with van der Waals surface area (Å²) < 4.78 is 32.2. The average molecular weight is 382 g/mol. The van der Waals surface area contributed by atoms with E-state index in [9.17, 15) is 18.4 Å². The van der Waals surface area contributed by atoms with E-state index in [0.29, 0.717) is 25.8 Å². The highest BCUT2D eigenvalue weighted by molar-refractivity contribution is 5.88. The molecular weight excluding hydrogens is 358 g/mol. The van der Waals surface area contributed by atoms with Gasteiger partial charge in [-0.05, 0) is 43.7 Å². The van der Waals surface area contributed by atoms with Crippen LogP contribution in [-0.2, 0) is 4.79 Å². The van der Waals surface area contributed by atoms with Gasteiger partial charge in [-0.1, -0.05) is 0 Å². The topological polar surface area (TPSA) is 79.7 Å². The van der Waals surface area contributed by atoms with Gasteiger partial charge < -0.3 is 14.7 Å². The van der Waals surface area contributed by atoms with Crippen LogP contribution in [0.5, 0.6) is 5.75 Å². The Hall–Kier alpha value is -2.25. The molecule has 0 unspecified atom stereocenters. The molecule has 0 spiro atoms. The summed E-state index contributed by atoms with van der Waals surface area (Å²) in [5, 5.41) is 9.16. The third kappa shape index (κ3) is 4.93. The first-order valence-corrected chi connectivity index (χ1v) is 9.34. The fraction of sp³-hybridized carbons (Fsp3) is 0.632. The zero-order chi connectivity index (χ0) is 19.4. The number of carboxylic acid groups (broad SMARTS) is 1. The Morgan fingerprint density at radius 1 is 1.30 bits per heavy atom. The van der Waals surface area contributed by atoms with E-state index >= 15 is 0 Å². The molecule has 1 saturated heterocycles. The summed E-state index contributed by atoms with van der Waals surface area (Å²) >= 11 is 0. The molecular formula is C19H24F2N2O4. The summed E-state index contributed by atoms with van der Waals surface area (Å²) in [6.45, 7) is 0.815. The minimum Gasteiger partial charge on any atom is -0.489 e. The number of carboxylic acids is 1. The molecule has 1 N–H and O–H groups in total. The highest BCUT2D eigenvalue weighted by Crippen LogP contribution is 2.38. The lowest BCUT2D eigenvalue weighted by Crippen LogP contribution is -2.40. The number of likely N-dealkylation sites (tertiary alicyclic amines) is 1. The van der Waals surface area contributed by atoms with E-state index in [-0.39, 0.29) is 48.8 Å². The number of hydrogen-bond acceptors (Lipinski definition) is 4. The first kappa shape index (κ1) is 19.5. The normalized spacial score (nSPS) is 22.6. The van der Waals surface area contributed by atoms with E-state index in [2.05, 4.69) is 4.98 Å². The van der Waals surface area contributed by atoms with Gasteiger partial charge >= 0.3 is 5.97 Å². The van der Waals surface area contributed by atoms with Crippen LogP contribution < -0.4 is 4.74 Å². The summed E-state index contributed by atoms with van der Waals surface area (Å²) in [4.78, 5) is 29.4. The Morgan fingerprint density at radius 2 is 2.04 bits per heavy atom. The number of amides is 1. The van der Waals surface area contributed by atoms with E-state index in [1.165, 1.54) is 6.20 Å². The second-order valence-corrected chi connectivity index (χ2v) is 7.35. The molecule has 1 aromatic rings. The minimum atomic E-state index is -2.59. The molecule has 1 aliphatic carbocycles. The lowest BCUT2D eigenvalue weighted by molar-refractivity contribution is -0.134. The Bertz CT molecular complexity index is 688. The van der Waals surface area contributed by atoms with Crippen LogP contribution in [0.1, 0.15) is 55.4 Å². The standard InChI is InChI=1S/C19H24F2N2O4/c20-19(21)7-5-13(6-8-19)11-16(24)23-10-2-3-14(23)12-27-15-4-1-9-22-17(15)18(25)26/h1,4,9,13-14H,2-3,5-8,10-12H2,(H,25,26)/t14-/m1/s1. The molecule has 148 valence electrons. The molecule has 0 bridgehead atoms. The Morgan fingerprint density at radius 3 is 2.74 bits per heavy atom. The minimum absolute atomic E-state index is 0.0104. The highest BCUT2D eigenvalue weighted by atomic mass is 19.3. The number of alkyl halides is 2. The Kier molecular flexibility index (Phi) is 5.92. The number of carbonyl (C=O) groups is 2. The van der Waals surface area contributed by atoms with Gasteiger partial charge in [-0.3, -0.25) is 4.79 Å². The second-order valence-electron chi connectivity index (χ2n) is 7.35. The quantitative estimate of drug-likeness (QED) is 0.816. The predicted molar refractivity (Wildman–Crippen MR) is 92.9 cm³/mol. The van der Waals surface area contributed by atoms with Crippen molar-refractivity contribution < 1.29 is 28.2 Å². The number of rotatable bonds is 6. The summed E-state index contributed by atoms with van der Waals surface area (Å²) in [5.41, 5.74) is -0.156. The SMILES string of the molecule is O=C(O)c1ncccc1OC[C@H]1CCCN1C(=O)CC1CCC(F)(F)CC1. The summed E-state index contributed by atoms with van der Waals surface area (Å²) in [5.74, 6) is -3.59. The number of nitrogens with zero attached hydrogens (tertiary/aromatic N) is 2. The molecule has 0 aromatic carbocycles. The van der Waals surface area contributed by atoms with Crippen LogP contribution in [0.2, 0.25) is 0 Å². The van der Waals surface area contributed by atoms with Crippen LogP contribution in [0, 0.1) is 5.92 Å². The van der Waals surface area contributed by atoms with Crippen LogP contribution in [0.4, 0.5) is 8.78 Å². The molecule has 6 nitrogen and oxygen atoms in total. The van der Waals surface area contributed by atoms with Crippen molar-refractivity contribution in [2.24, 2.45) is 5.92 Å². The molecule has 2 fully saturated rings. The predicted octanol–water partition coefficient (Wildman–Crippen LogP) is 3.37. The molecule has 1 amide bonds. The van der Waals surface area contributed by atoms with Gasteiger partial charge in [-0.2, -0.15) is 0 Å². The molecule has 1 saturated carbocycles. The van der Waals surface area contributed by atoms with E-state index in [4.69, 9.17) is 9.84 Å². The van der Waals surface area contributed by atoms with Gasteiger partial charge in [0.15, 0.2) is 11.4 Å². The number of aromatic carboxylic acids is 1. The Balaban J connectivity index is 1.54. The highest BCUT2D eigenvalue weighted by Gasteiger charge is 2.37. The van der Waals surface area contributed by atoms with Crippen molar-refractivity contribution in [1.82, 2.24) is 9.88 Å². The second kappa shape index (κ2) is 8.19. The van der Waals surface area contributed by atoms with E-state index in [1.807, 2.05) is 0 Å². The van der Waals surface area contributed by atoms with Crippen molar-refractivity contribution in [1.29, 1.82) is 0 Å². The smallest absolute Gasteiger partial charge is 0.358 e. The third-order valence-electron chi connectivity index (χ3n) is 5.40. The first-order valence-electron chi connectivity index (χ1n) is 9.34. The molecule has 1 aromatic heterocycles. The number of carbonyl (C=O) groups excluding carboxylic acids is 1. The van der Waals surface area contributed by atoms with Gasteiger partial charge in [-0.15, -0.1) is 0 Å². The number of aromatic nitrogens is 1. The Labute approximate surface area is 156 Å². The summed E-state index contributed by atoms with van der Waals surface area (Å²) in [6, 6.07) is 3.00. The lowest BCUT2D eigenvalue weighted by atomic mass is 9.84. The largest absolute Gasteiger partial charge is 0.489 e. The monoisotopic (exact) mass is 382 g/mol. The van der Waals surface area contributed by atoms with Gasteiger partial charge in [0.2, 0.25) is 11.8 Å². The van der Waals surface area contributed by atoms with Crippen LogP contribution >= 0.6 is 0 Å². The average Bonchev–Trinajstić information content (AvgIpc) is 3.10. The van der Waals surface area contributed by atoms with Crippen molar-refractivity contribution in [2.45, 2.75) is 56.9 Å². The zero-order valence-electron chi connectivity index (χ0n) is 15.1. The number of pyridine rings is 1. The van der Waals surface area contributed by atoms with Crippen molar-refractivity contribution in [3.05, 3.63) is 24.0 Å². The molecule has 0 radical (unpaired) electrons. The van der Waals surface area contributed by atoms with E-state index < -0.39 is 11.9 Å². The maximum atomic E-state index is 13.3. The number of halogens is 2. The molecule has 1 atom stereocenters. The van der Waals surface area contributed by atoms with Gasteiger partial charge in [0.1, 0.15) is 6.61 Å². The fourth-order valence-corrected chi connectivity index (χ4v) is 3.86. The summed E-state index contributed by atoms with van der Waals surface area (Å²) in [6.07, 6.45) is 3.78. The molecule has 8 heteroatoms.